The smallest absolute Gasteiger partial charge is 0.117 e. The summed E-state index contributed by atoms with van der Waals surface area (Å²) in [6.07, 6.45) is 6.98. The van der Waals surface area contributed by atoms with E-state index in [-0.39, 0.29) is 17.6 Å². The van der Waals surface area contributed by atoms with Gasteiger partial charge in [0.25, 0.3) is 0 Å². The molecule has 2 bridgehead atoms. The number of benzene rings is 1. The van der Waals surface area contributed by atoms with Crippen molar-refractivity contribution >= 4 is 0 Å². The fourth-order valence-electron chi connectivity index (χ4n) is 4.35. The van der Waals surface area contributed by atoms with E-state index in [4.69, 9.17) is 14.5 Å². The predicted octanol–water partition coefficient (Wildman–Crippen LogP) is 3.50. The molecule has 5 atom stereocenters. The van der Waals surface area contributed by atoms with Crippen molar-refractivity contribution in [1.82, 2.24) is 0 Å². The van der Waals surface area contributed by atoms with E-state index in [2.05, 4.69) is 43.3 Å². The average Bonchev–Trinajstić information content (AvgIpc) is 2.89. The van der Waals surface area contributed by atoms with Crippen molar-refractivity contribution in [3.8, 4) is 0 Å². The Labute approximate surface area is 125 Å². The van der Waals surface area contributed by atoms with Crippen LogP contribution in [-0.4, -0.2) is 18.8 Å². The summed E-state index contributed by atoms with van der Waals surface area (Å²) in [7, 11) is 0. The molecule has 0 N–H and O–H groups in total. The van der Waals surface area contributed by atoms with Crippen molar-refractivity contribution in [3.63, 3.8) is 0 Å². The Morgan fingerprint density at radius 2 is 2.05 bits per heavy atom. The number of fused-ring (bicyclic) bond motifs is 1. The molecule has 2 aliphatic heterocycles. The average molecular weight is 286 g/mol. The Bertz CT molecular complexity index is 527. The number of ether oxygens (including phenoxy) is 1. The molecule has 1 aromatic carbocycles. The van der Waals surface area contributed by atoms with Crippen LogP contribution in [-0.2, 0) is 21.1 Å². The van der Waals surface area contributed by atoms with E-state index in [1.165, 1.54) is 18.4 Å². The Hall–Kier alpha value is -1.16. The molecule has 112 valence electrons. The number of hydrogen-bond acceptors (Lipinski definition) is 3. The van der Waals surface area contributed by atoms with Crippen molar-refractivity contribution in [3.05, 3.63) is 48.0 Å². The zero-order valence-corrected chi connectivity index (χ0v) is 12.4. The quantitative estimate of drug-likeness (QED) is 0.626. The molecule has 2 fully saturated rings. The largest absolute Gasteiger partial charge is 0.376 e. The third-order valence-electron chi connectivity index (χ3n) is 5.52. The molecule has 0 spiro atoms. The van der Waals surface area contributed by atoms with Crippen LogP contribution < -0.4 is 0 Å². The molecule has 1 saturated carbocycles. The first-order valence-electron chi connectivity index (χ1n) is 7.89. The van der Waals surface area contributed by atoms with Crippen molar-refractivity contribution in [2.75, 3.05) is 6.61 Å². The van der Waals surface area contributed by atoms with Crippen LogP contribution in [0.2, 0.25) is 0 Å². The van der Waals surface area contributed by atoms with Gasteiger partial charge in [-0.15, -0.1) is 0 Å². The molecule has 0 unspecified atom stereocenters. The summed E-state index contributed by atoms with van der Waals surface area (Å²) in [5.41, 5.74) is 1.46. The number of rotatable bonds is 4. The lowest BCUT2D eigenvalue weighted by Gasteiger charge is -2.48. The molecule has 3 nitrogen and oxygen atoms in total. The molecule has 1 aromatic rings. The van der Waals surface area contributed by atoms with Gasteiger partial charge >= 0.3 is 0 Å². The Balaban J connectivity index is 1.40. The lowest BCUT2D eigenvalue weighted by molar-refractivity contribution is -0.404. The maximum absolute atomic E-state index is 5.98. The SMILES string of the molecule is C[C@]12CC[C@@H](COCc3ccccc3)[C@H]1[C@H]1C=C[C@@H]2OO1. The van der Waals surface area contributed by atoms with E-state index in [0.717, 1.165) is 6.61 Å². The first kappa shape index (κ1) is 13.5. The summed E-state index contributed by atoms with van der Waals surface area (Å²) < 4.78 is 5.98. The van der Waals surface area contributed by atoms with Crippen LogP contribution in [0.1, 0.15) is 25.3 Å². The third-order valence-corrected chi connectivity index (χ3v) is 5.52. The van der Waals surface area contributed by atoms with Crippen molar-refractivity contribution in [2.24, 2.45) is 17.3 Å². The highest BCUT2D eigenvalue weighted by molar-refractivity contribution is 5.18. The monoisotopic (exact) mass is 286 g/mol. The maximum atomic E-state index is 5.98. The van der Waals surface area contributed by atoms with Gasteiger partial charge in [0.15, 0.2) is 0 Å². The molecule has 1 saturated heterocycles. The zero-order valence-electron chi connectivity index (χ0n) is 12.4. The van der Waals surface area contributed by atoms with Gasteiger partial charge in [-0.2, -0.15) is 0 Å². The first-order valence-corrected chi connectivity index (χ1v) is 7.89. The summed E-state index contributed by atoms with van der Waals surface area (Å²) in [6, 6.07) is 10.4. The molecule has 0 amide bonds. The second kappa shape index (κ2) is 5.24. The second-order valence-corrected chi connectivity index (χ2v) is 6.79. The molecule has 4 aliphatic rings. The maximum Gasteiger partial charge on any atom is 0.117 e. The second-order valence-electron chi connectivity index (χ2n) is 6.79. The fourth-order valence-corrected chi connectivity index (χ4v) is 4.35. The molecular weight excluding hydrogens is 264 g/mol. The first-order chi connectivity index (χ1) is 10.3. The van der Waals surface area contributed by atoms with Gasteiger partial charge in [0.05, 0.1) is 13.2 Å². The van der Waals surface area contributed by atoms with Gasteiger partial charge in [0, 0.05) is 11.3 Å². The highest BCUT2D eigenvalue weighted by atomic mass is 17.2. The standard InChI is InChI=1S/C18H22O3/c1-18-10-9-14(12-19-11-13-5-3-2-4-6-13)17(18)15-7-8-16(18)21-20-15/h2-8,14-17H,9-12H2,1H3/t14-,15+,16-,17-,18+/m0/s1. The van der Waals surface area contributed by atoms with E-state index < -0.39 is 0 Å². The van der Waals surface area contributed by atoms with Gasteiger partial charge < -0.3 is 4.74 Å². The molecular formula is C18H22O3. The lowest BCUT2D eigenvalue weighted by Crippen LogP contribution is -2.52. The lowest BCUT2D eigenvalue weighted by atomic mass is 9.66. The number of hydrogen-bond donors (Lipinski definition) is 0. The molecule has 2 heterocycles. The topological polar surface area (TPSA) is 27.7 Å². The molecule has 2 aliphatic carbocycles. The van der Waals surface area contributed by atoms with Crippen LogP contribution in [0, 0.1) is 17.3 Å². The van der Waals surface area contributed by atoms with Gasteiger partial charge in [-0.05, 0) is 24.3 Å². The van der Waals surface area contributed by atoms with E-state index >= 15 is 0 Å². The minimum absolute atomic E-state index is 0.104. The fraction of sp³-hybridized carbons (Fsp3) is 0.556. The zero-order chi connectivity index (χ0) is 14.3. The van der Waals surface area contributed by atoms with E-state index in [1.54, 1.807) is 0 Å². The van der Waals surface area contributed by atoms with Crippen LogP contribution in [0.25, 0.3) is 0 Å². The summed E-state index contributed by atoms with van der Waals surface area (Å²) in [4.78, 5) is 11.0. The molecule has 21 heavy (non-hydrogen) atoms. The van der Waals surface area contributed by atoms with Gasteiger partial charge in [-0.1, -0.05) is 49.4 Å². The van der Waals surface area contributed by atoms with Gasteiger partial charge in [-0.25, -0.2) is 9.78 Å². The Morgan fingerprint density at radius 3 is 2.81 bits per heavy atom. The van der Waals surface area contributed by atoms with Crippen LogP contribution in [0.4, 0.5) is 0 Å². The summed E-state index contributed by atoms with van der Waals surface area (Å²) in [5.74, 6) is 1.09. The summed E-state index contributed by atoms with van der Waals surface area (Å²) in [5, 5.41) is 0. The summed E-state index contributed by atoms with van der Waals surface area (Å²) >= 11 is 0. The van der Waals surface area contributed by atoms with Gasteiger partial charge in [0.1, 0.15) is 12.2 Å². The van der Waals surface area contributed by atoms with E-state index in [1.807, 2.05) is 6.07 Å². The normalized spacial score (nSPS) is 40.4. The van der Waals surface area contributed by atoms with Crippen LogP contribution in [0.3, 0.4) is 0 Å². The predicted molar refractivity (Wildman–Crippen MR) is 79.3 cm³/mol. The highest BCUT2D eigenvalue weighted by Crippen LogP contribution is 2.57. The van der Waals surface area contributed by atoms with Crippen LogP contribution >= 0.6 is 0 Å². The Kier molecular flexibility index (Phi) is 3.37. The molecule has 0 aromatic heterocycles. The minimum atomic E-state index is 0.104. The van der Waals surface area contributed by atoms with Crippen LogP contribution in [0.5, 0.6) is 0 Å². The molecule has 3 heteroatoms. The molecule has 5 rings (SSSR count). The van der Waals surface area contributed by atoms with Crippen molar-refractivity contribution in [1.29, 1.82) is 0 Å². The molecule has 0 radical (unpaired) electrons. The van der Waals surface area contributed by atoms with E-state index in [0.29, 0.717) is 18.4 Å². The third kappa shape index (κ3) is 2.24. The highest BCUT2D eigenvalue weighted by Gasteiger charge is 2.58. The van der Waals surface area contributed by atoms with Crippen LogP contribution in [0.15, 0.2) is 42.5 Å². The summed E-state index contributed by atoms with van der Waals surface area (Å²) in [6.45, 7) is 3.86. The van der Waals surface area contributed by atoms with Gasteiger partial charge in [-0.3, -0.25) is 0 Å². The minimum Gasteiger partial charge on any atom is -0.376 e. The van der Waals surface area contributed by atoms with Crippen molar-refractivity contribution < 1.29 is 14.5 Å². The van der Waals surface area contributed by atoms with Crippen molar-refractivity contribution in [2.45, 2.75) is 38.6 Å². The Morgan fingerprint density at radius 1 is 1.19 bits per heavy atom. The van der Waals surface area contributed by atoms with Gasteiger partial charge in [0.2, 0.25) is 0 Å². The van der Waals surface area contributed by atoms with E-state index in [9.17, 15) is 0 Å².